The predicted molar refractivity (Wildman–Crippen MR) is 143 cm³/mol. The molecule has 37 heavy (non-hydrogen) atoms. The number of nitrogens with zero attached hydrogens (tertiary/aromatic N) is 1. The molecule has 1 heterocycles. The molecule has 0 fully saturated rings. The normalized spacial score (nSPS) is 16.1. The van der Waals surface area contributed by atoms with E-state index in [-0.39, 0.29) is 17.6 Å². The van der Waals surface area contributed by atoms with Crippen LogP contribution >= 0.6 is 0 Å². The van der Waals surface area contributed by atoms with Crippen molar-refractivity contribution in [3.8, 4) is 5.75 Å². The van der Waals surface area contributed by atoms with Gasteiger partial charge >= 0.3 is 0 Å². The zero-order valence-corrected chi connectivity index (χ0v) is 22.2. The number of hydrogen-bond donors (Lipinski definition) is 1. The predicted octanol–water partition coefficient (Wildman–Crippen LogP) is 5.74. The molecule has 4 rings (SSSR count). The number of ether oxygens (including phenoxy) is 1. The van der Waals surface area contributed by atoms with E-state index in [2.05, 4.69) is 5.32 Å². The standard InChI is InChI=1S/C31H35FN2O3/c1-20-8-6-9-22(16-20)19-33-29(35)21(2)37-26-13-12-23-14-15-34(30(36)31(3,4)5)28(27(23)18-26)24-10-7-11-25(32)17-24/h6-13,16-18,21,28H,14-15,19H2,1-5H3,(H,33,35)/t21-,28+/m1/s1. The minimum Gasteiger partial charge on any atom is -0.481 e. The van der Waals surface area contributed by atoms with E-state index in [4.69, 9.17) is 4.74 Å². The van der Waals surface area contributed by atoms with Crippen LogP contribution < -0.4 is 10.1 Å². The first kappa shape index (κ1) is 26.4. The largest absolute Gasteiger partial charge is 0.481 e. The summed E-state index contributed by atoms with van der Waals surface area (Å²) in [7, 11) is 0. The molecule has 1 aliphatic heterocycles. The van der Waals surface area contributed by atoms with Crippen LogP contribution in [0, 0.1) is 18.2 Å². The van der Waals surface area contributed by atoms with Crippen LogP contribution in [-0.2, 0) is 22.6 Å². The first-order chi connectivity index (χ1) is 17.5. The third-order valence-corrected chi connectivity index (χ3v) is 6.64. The third kappa shape index (κ3) is 6.19. The molecule has 0 aromatic heterocycles. The van der Waals surface area contributed by atoms with Crippen molar-refractivity contribution in [2.24, 2.45) is 5.41 Å². The highest BCUT2D eigenvalue weighted by molar-refractivity contribution is 5.83. The van der Waals surface area contributed by atoms with Gasteiger partial charge in [-0.15, -0.1) is 0 Å². The maximum Gasteiger partial charge on any atom is 0.261 e. The van der Waals surface area contributed by atoms with E-state index < -0.39 is 17.6 Å². The number of aryl methyl sites for hydroxylation is 1. The molecule has 3 aromatic carbocycles. The Kier molecular flexibility index (Phi) is 7.67. The van der Waals surface area contributed by atoms with Crippen molar-refractivity contribution < 1.29 is 18.7 Å². The lowest BCUT2D eigenvalue weighted by Gasteiger charge is -2.41. The minimum absolute atomic E-state index is 0.00243. The van der Waals surface area contributed by atoms with Crippen molar-refractivity contribution in [1.82, 2.24) is 10.2 Å². The van der Waals surface area contributed by atoms with Gasteiger partial charge in [-0.1, -0.05) is 68.8 Å². The number of hydrogen-bond acceptors (Lipinski definition) is 3. The molecule has 1 aliphatic rings. The summed E-state index contributed by atoms with van der Waals surface area (Å²) < 4.78 is 20.3. The van der Waals surface area contributed by atoms with Crippen molar-refractivity contribution in [3.63, 3.8) is 0 Å². The van der Waals surface area contributed by atoms with Crippen molar-refractivity contribution in [2.75, 3.05) is 6.54 Å². The van der Waals surface area contributed by atoms with E-state index in [1.807, 2.05) is 81.1 Å². The lowest BCUT2D eigenvalue weighted by molar-refractivity contribution is -0.141. The summed E-state index contributed by atoms with van der Waals surface area (Å²) in [5, 5.41) is 2.93. The number of fused-ring (bicyclic) bond motifs is 1. The molecule has 194 valence electrons. The van der Waals surface area contributed by atoms with Gasteiger partial charge < -0.3 is 15.0 Å². The number of carbonyl (C=O) groups is 2. The second-order valence-electron chi connectivity index (χ2n) is 10.8. The molecule has 0 radical (unpaired) electrons. The van der Waals surface area contributed by atoms with Gasteiger partial charge in [0.2, 0.25) is 5.91 Å². The second-order valence-corrected chi connectivity index (χ2v) is 10.8. The lowest BCUT2D eigenvalue weighted by atomic mass is 9.85. The van der Waals surface area contributed by atoms with E-state index in [1.165, 1.54) is 12.1 Å². The maximum atomic E-state index is 14.2. The van der Waals surface area contributed by atoms with Crippen LogP contribution in [0.5, 0.6) is 5.75 Å². The number of nitrogens with one attached hydrogen (secondary N) is 1. The Labute approximate surface area is 218 Å². The third-order valence-electron chi connectivity index (χ3n) is 6.64. The van der Waals surface area contributed by atoms with Crippen molar-refractivity contribution in [1.29, 1.82) is 0 Å². The smallest absolute Gasteiger partial charge is 0.261 e. The van der Waals surface area contributed by atoms with Gasteiger partial charge in [0, 0.05) is 18.5 Å². The molecule has 0 saturated heterocycles. The second kappa shape index (κ2) is 10.8. The van der Waals surface area contributed by atoms with Crippen molar-refractivity contribution >= 4 is 11.8 Å². The summed E-state index contributed by atoms with van der Waals surface area (Å²) in [5.41, 5.74) is 4.25. The Morgan fingerprint density at radius 3 is 2.54 bits per heavy atom. The molecule has 2 amide bonds. The van der Waals surface area contributed by atoms with Crippen LogP contribution in [0.1, 0.15) is 61.6 Å². The summed E-state index contributed by atoms with van der Waals surface area (Å²) in [6.07, 6.45) is -0.0261. The lowest BCUT2D eigenvalue weighted by Crippen LogP contribution is -2.45. The Balaban J connectivity index is 1.58. The summed E-state index contributed by atoms with van der Waals surface area (Å²) in [5.74, 6) is -0.0319. The Bertz CT molecular complexity index is 1300. The van der Waals surface area contributed by atoms with E-state index >= 15 is 0 Å². The number of benzene rings is 3. The summed E-state index contributed by atoms with van der Waals surface area (Å²) in [6, 6.07) is 19.7. The van der Waals surface area contributed by atoms with Gasteiger partial charge in [0.1, 0.15) is 11.6 Å². The Hall–Kier alpha value is -3.67. The average Bonchev–Trinajstić information content (AvgIpc) is 2.85. The van der Waals surface area contributed by atoms with Crippen LogP contribution in [0.3, 0.4) is 0 Å². The molecule has 0 bridgehead atoms. The van der Waals surface area contributed by atoms with Crippen LogP contribution in [0.15, 0.2) is 66.7 Å². The molecule has 3 aromatic rings. The van der Waals surface area contributed by atoms with Crippen LogP contribution in [-0.4, -0.2) is 29.4 Å². The molecular formula is C31H35FN2O3. The fraction of sp³-hybridized carbons (Fsp3) is 0.355. The minimum atomic E-state index is -0.716. The van der Waals surface area contributed by atoms with Gasteiger partial charge in [0.15, 0.2) is 6.10 Å². The highest BCUT2D eigenvalue weighted by Gasteiger charge is 2.37. The van der Waals surface area contributed by atoms with Crippen LogP contribution in [0.25, 0.3) is 0 Å². The van der Waals surface area contributed by atoms with Gasteiger partial charge in [0.05, 0.1) is 6.04 Å². The van der Waals surface area contributed by atoms with Gasteiger partial charge in [0.25, 0.3) is 5.91 Å². The average molecular weight is 503 g/mol. The summed E-state index contributed by atoms with van der Waals surface area (Å²) >= 11 is 0. The zero-order valence-electron chi connectivity index (χ0n) is 22.2. The van der Waals surface area contributed by atoms with E-state index in [0.717, 1.165) is 22.3 Å². The number of carbonyl (C=O) groups excluding carboxylic acids is 2. The molecule has 1 N–H and O–H groups in total. The highest BCUT2D eigenvalue weighted by Crippen LogP contribution is 2.39. The molecule has 0 aliphatic carbocycles. The molecule has 2 atom stereocenters. The van der Waals surface area contributed by atoms with Crippen molar-refractivity contribution in [3.05, 3.63) is 100 Å². The highest BCUT2D eigenvalue weighted by atomic mass is 19.1. The first-order valence-electron chi connectivity index (χ1n) is 12.7. The van der Waals surface area contributed by atoms with E-state index in [1.54, 1.807) is 13.0 Å². The fourth-order valence-corrected chi connectivity index (χ4v) is 4.76. The fourth-order valence-electron chi connectivity index (χ4n) is 4.76. The molecule has 6 heteroatoms. The van der Waals surface area contributed by atoms with Gasteiger partial charge in [-0.3, -0.25) is 9.59 Å². The van der Waals surface area contributed by atoms with Gasteiger partial charge in [-0.05, 0) is 66.8 Å². The molecule has 0 saturated carbocycles. The van der Waals surface area contributed by atoms with E-state index in [0.29, 0.717) is 30.8 Å². The molecule has 0 spiro atoms. The van der Waals surface area contributed by atoms with Gasteiger partial charge in [-0.25, -0.2) is 4.39 Å². The molecule has 0 unspecified atom stereocenters. The first-order valence-corrected chi connectivity index (χ1v) is 12.7. The topological polar surface area (TPSA) is 58.6 Å². The Morgan fingerprint density at radius 2 is 1.84 bits per heavy atom. The number of halogens is 1. The van der Waals surface area contributed by atoms with Gasteiger partial charge in [-0.2, -0.15) is 0 Å². The Morgan fingerprint density at radius 1 is 1.08 bits per heavy atom. The number of amides is 2. The maximum absolute atomic E-state index is 14.2. The quantitative estimate of drug-likeness (QED) is 0.468. The summed E-state index contributed by atoms with van der Waals surface area (Å²) in [4.78, 5) is 28.0. The number of rotatable bonds is 6. The SMILES string of the molecule is Cc1cccc(CNC(=O)[C@@H](C)Oc2ccc3c(c2)[C@H](c2cccc(F)c2)N(C(=O)C(C)(C)C)CC3)c1. The molecule has 5 nitrogen and oxygen atoms in total. The molecular weight excluding hydrogens is 467 g/mol. The van der Waals surface area contributed by atoms with Crippen LogP contribution in [0.4, 0.5) is 4.39 Å². The van der Waals surface area contributed by atoms with E-state index in [9.17, 15) is 14.0 Å². The zero-order chi connectivity index (χ0) is 26.7. The monoisotopic (exact) mass is 502 g/mol. The summed E-state index contributed by atoms with van der Waals surface area (Å²) in [6.45, 7) is 10.4. The van der Waals surface area contributed by atoms with Crippen LogP contribution in [0.2, 0.25) is 0 Å². The van der Waals surface area contributed by atoms with Crippen molar-refractivity contribution in [2.45, 2.75) is 59.7 Å².